The molecule has 0 bridgehead atoms. The summed E-state index contributed by atoms with van der Waals surface area (Å²) >= 11 is 0. The molecule has 0 radical (unpaired) electrons. The Morgan fingerprint density at radius 1 is 1.33 bits per heavy atom. The molecular weight excluding hydrogens is 264 g/mol. The van der Waals surface area contributed by atoms with Gasteiger partial charge in [0.25, 0.3) is 0 Å². The first-order valence-electron chi connectivity index (χ1n) is 7.78. The number of carbonyl (C=O) groups excluding carboxylic acids is 1. The number of ether oxygens (including phenoxy) is 1. The van der Waals surface area contributed by atoms with Gasteiger partial charge in [-0.05, 0) is 30.7 Å². The molecule has 0 aliphatic carbocycles. The lowest BCUT2D eigenvalue weighted by atomic mass is 9.97. The van der Waals surface area contributed by atoms with E-state index in [1.807, 2.05) is 35.2 Å². The topological polar surface area (TPSA) is 55.6 Å². The molecule has 1 aliphatic rings. The number of nitrogens with two attached hydrogens (primary N) is 1. The third-order valence-electron chi connectivity index (χ3n) is 4.27. The van der Waals surface area contributed by atoms with Crippen molar-refractivity contribution in [1.82, 2.24) is 4.90 Å². The van der Waals surface area contributed by atoms with Gasteiger partial charge in [0.05, 0.1) is 0 Å². The molecule has 1 aromatic carbocycles. The van der Waals surface area contributed by atoms with Gasteiger partial charge in [-0.3, -0.25) is 4.79 Å². The molecule has 1 atom stereocenters. The quantitative estimate of drug-likeness (QED) is 0.875. The summed E-state index contributed by atoms with van der Waals surface area (Å²) in [6, 6.07) is 9.93. The first-order valence-corrected chi connectivity index (χ1v) is 7.78. The Balaban J connectivity index is 1.73. The Morgan fingerprint density at radius 2 is 2.00 bits per heavy atom. The first kappa shape index (κ1) is 16.0. The maximum atomic E-state index is 12.2. The lowest BCUT2D eigenvalue weighted by Crippen LogP contribution is -2.39. The third-order valence-corrected chi connectivity index (χ3v) is 4.27. The van der Waals surface area contributed by atoms with E-state index < -0.39 is 0 Å². The number of hydrogen-bond donors (Lipinski definition) is 1. The van der Waals surface area contributed by atoms with Crippen molar-refractivity contribution < 1.29 is 9.53 Å². The fourth-order valence-corrected chi connectivity index (χ4v) is 2.89. The van der Waals surface area contributed by atoms with Gasteiger partial charge in [0, 0.05) is 39.3 Å². The van der Waals surface area contributed by atoms with Crippen molar-refractivity contribution in [1.29, 1.82) is 0 Å². The Morgan fingerprint density at radius 3 is 2.62 bits per heavy atom. The predicted octanol–water partition coefficient (Wildman–Crippen LogP) is 2.35. The Hall–Kier alpha value is -1.39. The summed E-state index contributed by atoms with van der Waals surface area (Å²) in [5.74, 6) is 0.836. The minimum atomic E-state index is -0.0545. The highest BCUT2D eigenvalue weighted by Crippen LogP contribution is 2.20. The smallest absolute Gasteiger partial charge is 0.222 e. The van der Waals surface area contributed by atoms with E-state index in [4.69, 9.17) is 10.5 Å². The van der Waals surface area contributed by atoms with Crippen LogP contribution < -0.4 is 5.73 Å². The number of likely N-dealkylation sites (tertiary alicyclic amines) is 1. The minimum Gasteiger partial charge on any atom is -0.384 e. The van der Waals surface area contributed by atoms with Crippen molar-refractivity contribution in [3.8, 4) is 0 Å². The number of nitrogens with zero attached hydrogens (tertiary/aromatic N) is 1. The second kappa shape index (κ2) is 8.15. The van der Waals surface area contributed by atoms with E-state index >= 15 is 0 Å². The molecule has 2 rings (SSSR count). The number of benzene rings is 1. The number of piperidine rings is 1. The van der Waals surface area contributed by atoms with Crippen LogP contribution in [-0.4, -0.2) is 37.6 Å². The van der Waals surface area contributed by atoms with Crippen LogP contribution in [0.15, 0.2) is 30.3 Å². The van der Waals surface area contributed by atoms with Gasteiger partial charge in [0.1, 0.15) is 0 Å². The number of methoxy groups -OCH3 is 1. The Kier molecular flexibility index (Phi) is 6.21. The summed E-state index contributed by atoms with van der Waals surface area (Å²) in [4.78, 5) is 14.2. The van der Waals surface area contributed by atoms with Gasteiger partial charge in [0.2, 0.25) is 5.91 Å². The average Bonchev–Trinajstić information content (AvgIpc) is 2.54. The third kappa shape index (κ3) is 4.83. The molecule has 1 saturated heterocycles. The lowest BCUT2D eigenvalue weighted by Gasteiger charge is -2.32. The highest BCUT2D eigenvalue weighted by Gasteiger charge is 2.22. The molecule has 1 unspecified atom stereocenters. The van der Waals surface area contributed by atoms with Crippen molar-refractivity contribution in [2.75, 3.05) is 26.8 Å². The summed E-state index contributed by atoms with van der Waals surface area (Å²) in [5, 5.41) is 0. The van der Waals surface area contributed by atoms with Gasteiger partial charge in [-0.25, -0.2) is 0 Å². The molecule has 116 valence electrons. The number of rotatable bonds is 6. The Bertz CT molecular complexity index is 428. The number of carbonyl (C=O) groups is 1. The summed E-state index contributed by atoms with van der Waals surface area (Å²) in [7, 11) is 1.74. The average molecular weight is 290 g/mol. The predicted molar refractivity (Wildman–Crippen MR) is 83.8 cm³/mol. The van der Waals surface area contributed by atoms with Crippen LogP contribution in [0.4, 0.5) is 0 Å². The van der Waals surface area contributed by atoms with Gasteiger partial charge in [-0.1, -0.05) is 30.3 Å². The largest absolute Gasteiger partial charge is 0.384 e. The van der Waals surface area contributed by atoms with Crippen LogP contribution in [0.2, 0.25) is 0 Å². The molecule has 0 spiro atoms. The fraction of sp³-hybridized carbons (Fsp3) is 0.588. The van der Waals surface area contributed by atoms with Crippen LogP contribution in [0.5, 0.6) is 0 Å². The van der Waals surface area contributed by atoms with E-state index in [-0.39, 0.29) is 11.9 Å². The van der Waals surface area contributed by atoms with Crippen LogP contribution in [0.25, 0.3) is 0 Å². The second-order valence-corrected chi connectivity index (χ2v) is 5.84. The van der Waals surface area contributed by atoms with Crippen molar-refractivity contribution >= 4 is 5.91 Å². The van der Waals surface area contributed by atoms with E-state index in [1.54, 1.807) is 7.11 Å². The molecule has 1 amide bonds. The van der Waals surface area contributed by atoms with Crippen LogP contribution >= 0.6 is 0 Å². The minimum absolute atomic E-state index is 0.0545. The summed E-state index contributed by atoms with van der Waals surface area (Å²) in [6.07, 6.45) is 3.33. The molecule has 2 N–H and O–H groups in total. The maximum Gasteiger partial charge on any atom is 0.222 e. The zero-order chi connectivity index (χ0) is 15.1. The first-order chi connectivity index (χ1) is 10.2. The number of amides is 1. The Labute approximate surface area is 127 Å². The highest BCUT2D eigenvalue weighted by atomic mass is 16.5. The van der Waals surface area contributed by atoms with Crippen molar-refractivity contribution in [2.24, 2.45) is 11.7 Å². The molecule has 0 aromatic heterocycles. The molecule has 1 fully saturated rings. The second-order valence-electron chi connectivity index (χ2n) is 5.84. The normalized spacial score (nSPS) is 17.7. The molecule has 1 heterocycles. The monoisotopic (exact) mass is 290 g/mol. The maximum absolute atomic E-state index is 12.2. The lowest BCUT2D eigenvalue weighted by molar-refractivity contribution is -0.133. The summed E-state index contributed by atoms with van der Waals surface area (Å²) < 4.78 is 5.19. The van der Waals surface area contributed by atoms with E-state index in [2.05, 4.69) is 0 Å². The van der Waals surface area contributed by atoms with Gasteiger partial charge in [-0.2, -0.15) is 0 Å². The van der Waals surface area contributed by atoms with Gasteiger partial charge < -0.3 is 15.4 Å². The van der Waals surface area contributed by atoms with Crippen LogP contribution in [0, 0.1) is 5.92 Å². The highest BCUT2D eigenvalue weighted by molar-refractivity contribution is 5.76. The number of hydrogen-bond acceptors (Lipinski definition) is 3. The zero-order valence-corrected chi connectivity index (χ0v) is 12.8. The molecule has 21 heavy (non-hydrogen) atoms. The molecular formula is C17H26N2O2. The van der Waals surface area contributed by atoms with Crippen LogP contribution in [-0.2, 0) is 9.53 Å². The van der Waals surface area contributed by atoms with Gasteiger partial charge in [0.15, 0.2) is 0 Å². The van der Waals surface area contributed by atoms with E-state index in [0.29, 0.717) is 18.8 Å². The van der Waals surface area contributed by atoms with Crippen LogP contribution in [0.3, 0.4) is 0 Å². The van der Waals surface area contributed by atoms with E-state index in [9.17, 15) is 4.79 Å². The zero-order valence-electron chi connectivity index (χ0n) is 12.8. The standard InChI is InChI=1S/C17H26N2O2/c1-21-13-14-9-11-19(12-10-14)17(20)8-7-16(18)15-5-3-2-4-6-15/h2-6,14,16H,7-13,18H2,1H3. The molecule has 1 aromatic rings. The van der Waals surface area contributed by atoms with Gasteiger partial charge >= 0.3 is 0 Å². The molecule has 4 heteroatoms. The van der Waals surface area contributed by atoms with Crippen molar-refractivity contribution in [2.45, 2.75) is 31.7 Å². The summed E-state index contributed by atoms with van der Waals surface area (Å²) in [5.41, 5.74) is 7.25. The molecule has 0 saturated carbocycles. The fourth-order valence-electron chi connectivity index (χ4n) is 2.89. The van der Waals surface area contributed by atoms with Crippen molar-refractivity contribution in [3.05, 3.63) is 35.9 Å². The SMILES string of the molecule is COCC1CCN(C(=O)CCC(N)c2ccccc2)CC1. The van der Waals surface area contributed by atoms with Crippen LogP contribution in [0.1, 0.15) is 37.3 Å². The van der Waals surface area contributed by atoms with E-state index in [0.717, 1.165) is 38.1 Å². The molecule has 1 aliphatic heterocycles. The van der Waals surface area contributed by atoms with E-state index in [1.165, 1.54) is 0 Å². The van der Waals surface area contributed by atoms with Crippen molar-refractivity contribution in [3.63, 3.8) is 0 Å². The van der Waals surface area contributed by atoms with Gasteiger partial charge in [-0.15, -0.1) is 0 Å². The summed E-state index contributed by atoms with van der Waals surface area (Å²) in [6.45, 7) is 2.52. The molecule has 4 nitrogen and oxygen atoms in total.